The molecule has 0 aliphatic heterocycles. The third-order valence-corrected chi connectivity index (χ3v) is 2.33. The van der Waals surface area contributed by atoms with E-state index < -0.39 is 0 Å². The molecule has 2 nitrogen and oxygen atoms in total. The maximum absolute atomic E-state index is 13.0. The van der Waals surface area contributed by atoms with Crippen LogP contribution in [0.15, 0.2) is 18.2 Å². The standard InChI is InChI=1S/C12H19FN2/c1-9-7-11(3-4-12(9)13)8-15-6-5-10(2)14/h3-4,7,10,15H,5-6,8,14H2,1-2H3. The summed E-state index contributed by atoms with van der Waals surface area (Å²) in [6.45, 7) is 5.44. The molecule has 0 aliphatic rings. The van der Waals surface area contributed by atoms with Gasteiger partial charge in [0.25, 0.3) is 0 Å². The van der Waals surface area contributed by atoms with Crippen LogP contribution < -0.4 is 11.1 Å². The van der Waals surface area contributed by atoms with Crippen molar-refractivity contribution in [3.05, 3.63) is 35.1 Å². The van der Waals surface area contributed by atoms with Crippen molar-refractivity contribution in [2.75, 3.05) is 6.54 Å². The molecule has 0 bridgehead atoms. The highest BCUT2D eigenvalue weighted by Gasteiger charge is 1.99. The van der Waals surface area contributed by atoms with Crippen LogP contribution in [0.2, 0.25) is 0 Å². The van der Waals surface area contributed by atoms with Gasteiger partial charge in [0.15, 0.2) is 0 Å². The van der Waals surface area contributed by atoms with E-state index in [9.17, 15) is 4.39 Å². The monoisotopic (exact) mass is 210 g/mol. The van der Waals surface area contributed by atoms with Crippen LogP contribution in [0, 0.1) is 12.7 Å². The quantitative estimate of drug-likeness (QED) is 0.729. The number of nitrogens with one attached hydrogen (secondary N) is 1. The van der Waals surface area contributed by atoms with E-state index in [1.54, 1.807) is 13.0 Å². The van der Waals surface area contributed by atoms with Gasteiger partial charge in [-0.15, -0.1) is 0 Å². The topological polar surface area (TPSA) is 38.0 Å². The molecule has 0 saturated heterocycles. The average molecular weight is 210 g/mol. The van der Waals surface area contributed by atoms with Crippen molar-refractivity contribution in [2.45, 2.75) is 32.9 Å². The number of halogens is 1. The maximum atomic E-state index is 13.0. The number of nitrogens with two attached hydrogens (primary N) is 1. The molecule has 3 N–H and O–H groups in total. The van der Waals surface area contributed by atoms with Crippen molar-refractivity contribution < 1.29 is 4.39 Å². The minimum absolute atomic E-state index is 0.144. The highest BCUT2D eigenvalue weighted by atomic mass is 19.1. The van der Waals surface area contributed by atoms with Crippen molar-refractivity contribution in [1.82, 2.24) is 5.32 Å². The van der Waals surface area contributed by atoms with E-state index in [-0.39, 0.29) is 11.9 Å². The van der Waals surface area contributed by atoms with E-state index in [1.807, 2.05) is 13.0 Å². The van der Waals surface area contributed by atoms with Crippen LogP contribution in [0.5, 0.6) is 0 Å². The van der Waals surface area contributed by atoms with Gasteiger partial charge in [0.2, 0.25) is 0 Å². The molecule has 1 atom stereocenters. The Hall–Kier alpha value is -0.930. The summed E-state index contributed by atoms with van der Waals surface area (Å²) in [5.41, 5.74) is 7.43. The largest absolute Gasteiger partial charge is 0.328 e. The molecule has 0 radical (unpaired) electrons. The first-order valence-corrected chi connectivity index (χ1v) is 5.31. The lowest BCUT2D eigenvalue weighted by Crippen LogP contribution is -2.23. The van der Waals surface area contributed by atoms with E-state index in [0.717, 1.165) is 25.1 Å². The summed E-state index contributed by atoms with van der Waals surface area (Å²) < 4.78 is 13.0. The van der Waals surface area contributed by atoms with Gasteiger partial charge < -0.3 is 11.1 Å². The van der Waals surface area contributed by atoms with E-state index in [4.69, 9.17) is 5.73 Å². The molecule has 0 aromatic heterocycles. The molecule has 0 fully saturated rings. The zero-order valence-electron chi connectivity index (χ0n) is 9.39. The van der Waals surface area contributed by atoms with Crippen LogP contribution in [0.4, 0.5) is 4.39 Å². The summed E-state index contributed by atoms with van der Waals surface area (Å²) >= 11 is 0. The van der Waals surface area contributed by atoms with Gasteiger partial charge in [-0.05, 0) is 44.0 Å². The number of hydrogen-bond donors (Lipinski definition) is 2. The van der Waals surface area contributed by atoms with E-state index in [0.29, 0.717) is 5.56 Å². The van der Waals surface area contributed by atoms with Gasteiger partial charge in [0.05, 0.1) is 0 Å². The molecule has 1 unspecified atom stereocenters. The van der Waals surface area contributed by atoms with Crippen LogP contribution in [-0.2, 0) is 6.54 Å². The van der Waals surface area contributed by atoms with E-state index in [1.165, 1.54) is 6.07 Å². The van der Waals surface area contributed by atoms with E-state index >= 15 is 0 Å². The summed E-state index contributed by atoms with van der Waals surface area (Å²) in [5, 5.41) is 3.28. The zero-order valence-corrected chi connectivity index (χ0v) is 9.39. The van der Waals surface area contributed by atoms with Crippen molar-refractivity contribution in [1.29, 1.82) is 0 Å². The summed E-state index contributed by atoms with van der Waals surface area (Å²) in [6, 6.07) is 5.42. The summed E-state index contributed by atoms with van der Waals surface area (Å²) in [6.07, 6.45) is 0.959. The molecule has 1 aromatic carbocycles. The molecule has 15 heavy (non-hydrogen) atoms. The molecule has 1 rings (SSSR count). The van der Waals surface area contributed by atoms with Gasteiger partial charge in [0, 0.05) is 12.6 Å². The first-order chi connectivity index (χ1) is 7.09. The average Bonchev–Trinajstić information content (AvgIpc) is 2.18. The molecular weight excluding hydrogens is 191 g/mol. The Labute approximate surface area is 90.7 Å². The Balaban J connectivity index is 2.35. The van der Waals surface area contributed by atoms with Crippen molar-refractivity contribution in [2.24, 2.45) is 5.73 Å². The SMILES string of the molecule is Cc1cc(CNCCC(C)N)ccc1F. The third-order valence-electron chi connectivity index (χ3n) is 2.33. The Morgan fingerprint density at radius 1 is 1.47 bits per heavy atom. The lowest BCUT2D eigenvalue weighted by atomic mass is 10.1. The fourth-order valence-electron chi connectivity index (χ4n) is 1.38. The van der Waals surface area contributed by atoms with E-state index in [2.05, 4.69) is 5.32 Å². The smallest absolute Gasteiger partial charge is 0.126 e. The van der Waals surface area contributed by atoms with Crippen LogP contribution >= 0.6 is 0 Å². The van der Waals surface area contributed by atoms with Gasteiger partial charge in [-0.1, -0.05) is 12.1 Å². The van der Waals surface area contributed by atoms with Crippen LogP contribution in [0.25, 0.3) is 0 Å². The minimum Gasteiger partial charge on any atom is -0.328 e. The molecule has 3 heteroatoms. The van der Waals surface area contributed by atoms with Crippen LogP contribution in [0.3, 0.4) is 0 Å². The van der Waals surface area contributed by atoms with Crippen molar-refractivity contribution in [3.63, 3.8) is 0 Å². The number of rotatable bonds is 5. The number of hydrogen-bond acceptors (Lipinski definition) is 2. The lowest BCUT2D eigenvalue weighted by molar-refractivity contribution is 0.586. The summed E-state index contributed by atoms with van der Waals surface area (Å²) in [4.78, 5) is 0. The Kier molecular flexibility index (Phi) is 4.72. The van der Waals surface area contributed by atoms with Crippen LogP contribution in [0.1, 0.15) is 24.5 Å². The molecule has 0 amide bonds. The molecule has 84 valence electrons. The second kappa shape index (κ2) is 5.83. The van der Waals surface area contributed by atoms with Crippen molar-refractivity contribution in [3.8, 4) is 0 Å². The molecule has 0 saturated carbocycles. The Bertz CT molecular complexity index is 310. The molecule has 0 spiro atoms. The number of aryl methyl sites for hydroxylation is 1. The fraction of sp³-hybridized carbons (Fsp3) is 0.500. The van der Waals surface area contributed by atoms with Gasteiger partial charge >= 0.3 is 0 Å². The Morgan fingerprint density at radius 3 is 2.80 bits per heavy atom. The van der Waals surface area contributed by atoms with Crippen LogP contribution in [-0.4, -0.2) is 12.6 Å². The maximum Gasteiger partial charge on any atom is 0.126 e. The molecule has 0 heterocycles. The second-order valence-corrected chi connectivity index (χ2v) is 4.03. The van der Waals surface area contributed by atoms with Crippen molar-refractivity contribution >= 4 is 0 Å². The highest BCUT2D eigenvalue weighted by Crippen LogP contribution is 2.08. The number of benzene rings is 1. The first-order valence-electron chi connectivity index (χ1n) is 5.31. The first kappa shape index (κ1) is 12.1. The normalized spacial score (nSPS) is 12.8. The fourth-order valence-corrected chi connectivity index (χ4v) is 1.38. The van der Waals surface area contributed by atoms with Gasteiger partial charge in [-0.2, -0.15) is 0 Å². The van der Waals surface area contributed by atoms with Gasteiger partial charge in [-0.3, -0.25) is 0 Å². The molecular formula is C12H19FN2. The Morgan fingerprint density at radius 2 is 2.20 bits per heavy atom. The highest BCUT2D eigenvalue weighted by molar-refractivity contribution is 5.23. The molecule has 1 aromatic rings. The zero-order chi connectivity index (χ0) is 11.3. The summed E-state index contributed by atoms with van der Waals surface area (Å²) in [7, 11) is 0. The summed E-state index contributed by atoms with van der Waals surface area (Å²) in [5.74, 6) is -0.144. The third kappa shape index (κ3) is 4.40. The second-order valence-electron chi connectivity index (χ2n) is 4.03. The lowest BCUT2D eigenvalue weighted by Gasteiger charge is -2.07. The van der Waals surface area contributed by atoms with Gasteiger partial charge in [0.1, 0.15) is 5.82 Å². The van der Waals surface area contributed by atoms with Gasteiger partial charge in [-0.25, -0.2) is 4.39 Å². The molecule has 0 aliphatic carbocycles. The predicted molar refractivity (Wildman–Crippen MR) is 61.1 cm³/mol. The predicted octanol–water partition coefficient (Wildman–Crippen LogP) is 1.96. The minimum atomic E-state index is -0.144.